The van der Waals surface area contributed by atoms with Crippen molar-refractivity contribution in [1.82, 2.24) is 55.2 Å². The molecule has 0 saturated carbocycles. The van der Waals surface area contributed by atoms with Crippen LogP contribution >= 0.6 is 0 Å². The second-order valence-corrected chi connectivity index (χ2v) is 30.1. The van der Waals surface area contributed by atoms with E-state index < -0.39 is 17.9 Å². The fourth-order valence-corrected chi connectivity index (χ4v) is 13.4. The average Bonchev–Trinajstić information content (AvgIpc) is 0.794. The molecule has 1 amide bonds. The number of halogens is 2. The number of hydrogen-bond donors (Lipinski definition) is 6. The first-order chi connectivity index (χ1) is 59.6. The molecule has 16 rings (SSSR count). The molecule has 632 valence electrons. The third kappa shape index (κ3) is 21.0. The van der Waals surface area contributed by atoms with Crippen LogP contribution in [-0.2, 0) is 6.54 Å². The fraction of sp³-hybridized carbons (Fsp3) is 0.196. The number of benzene rings is 11. The molecule has 0 aliphatic carbocycles. The molecule has 0 radical (unpaired) electrons. The predicted octanol–water partition coefficient (Wildman–Crippen LogP) is 18.5. The number of phenols is 3. The van der Waals surface area contributed by atoms with Gasteiger partial charge in [-0.25, -0.2) is 63.4 Å². The molecule has 0 spiro atoms. The lowest BCUT2D eigenvalue weighted by molar-refractivity contribution is 0.0696. The van der Waals surface area contributed by atoms with E-state index in [1.807, 2.05) is 214 Å². The Morgan fingerprint density at radius 1 is 0.403 bits per heavy atom. The monoisotopic (exact) mass is 1670 g/mol. The highest BCUT2D eigenvalue weighted by Gasteiger charge is 2.23. The number of para-hydroxylation sites is 4. The van der Waals surface area contributed by atoms with Crippen LogP contribution in [0.2, 0.25) is 0 Å². The first kappa shape index (κ1) is 88.2. The summed E-state index contributed by atoms with van der Waals surface area (Å²) in [5.74, 6) is 5.66. The van der Waals surface area contributed by atoms with E-state index in [2.05, 4.69) is 52.1 Å². The quantitative estimate of drug-likeness (QED) is 0.0413. The number of aromatic nitrogens is 10. The van der Waals surface area contributed by atoms with E-state index in [0.29, 0.717) is 91.2 Å². The predicted molar refractivity (Wildman–Crippen MR) is 488 cm³/mol. The zero-order valence-electron chi connectivity index (χ0n) is 71.2. The number of rotatable bonds is 20. The molecular weight excluding hydrogens is 1570 g/mol. The molecule has 27 heteroatoms. The molecule has 16 aromatic rings. The minimum Gasteiger partial charge on any atom is -0.507 e. The van der Waals surface area contributed by atoms with Crippen LogP contribution in [0.3, 0.4) is 0 Å². The van der Waals surface area contributed by atoms with Gasteiger partial charge in [-0.3, -0.25) is 4.79 Å². The van der Waals surface area contributed by atoms with Gasteiger partial charge in [-0.05, 0) is 171 Å². The number of aliphatic hydroxyl groups is 1. The number of carbonyl (C=O) groups is 2. The summed E-state index contributed by atoms with van der Waals surface area (Å²) in [6, 6.07) is 70.8. The van der Waals surface area contributed by atoms with Crippen molar-refractivity contribution < 1.29 is 53.4 Å². The number of nitrogens with zero attached hydrogens (tertiary/aromatic N) is 15. The fourth-order valence-electron chi connectivity index (χ4n) is 13.4. The highest BCUT2D eigenvalue weighted by atomic mass is 19.1. The molecule has 0 aliphatic rings. The van der Waals surface area contributed by atoms with Gasteiger partial charge in [0, 0.05) is 116 Å². The zero-order valence-corrected chi connectivity index (χ0v) is 71.2. The number of hydrogen-bond acceptors (Lipinski definition) is 23. The van der Waals surface area contributed by atoms with Crippen molar-refractivity contribution in [2.75, 3.05) is 102 Å². The smallest absolute Gasteiger partial charge is 0.335 e. The van der Waals surface area contributed by atoms with Crippen LogP contribution in [0.4, 0.5) is 37.9 Å². The van der Waals surface area contributed by atoms with E-state index in [9.17, 15) is 38.8 Å². The number of fused-ring (bicyclic) bond motifs is 5. The number of aromatic hydroxyl groups is 3. The number of nitrogens with one attached hydrogen (secondary N) is 1. The van der Waals surface area contributed by atoms with Gasteiger partial charge in [0.1, 0.15) is 69.5 Å². The van der Waals surface area contributed by atoms with Crippen molar-refractivity contribution in [3.05, 3.63) is 277 Å². The maximum absolute atomic E-state index is 13.9. The van der Waals surface area contributed by atoms with Crippen molar-refractivity contribution in [3.8, 4) is 85.7 Å². The maximum atomic E-state index is 13.9. The number of ether oxygens (including phenoxy) is 2. The van der Waals surface area contributed by atoms with Crippen LogP contribution < -0.4 is 39.3 Å². The van der Waals surface area contributed by atoms with Gasteiger partial charge >= 0.3 is 5.97 Å². The summed E-state index contributed by atoms with van der Waals surface area (Å²) in [4.78, 5) is 79.0. The second kappa shape index (κ2) is 39.8. The number of carbonyl (C=O) groups excluding carboxylic acids is 1. The van der Waals surface area contributed by atoms with Crippen LogP contribution in [0.5, 0.6) is 28.7 Å². The van der Waals surface area contributed by atoms with Gasteiger partial charge in [-0.1, -0.05) is 110 Å². The Kier molecular flexibility index (Phi) is 28.3. The summed E-state index contributed by atoms with van der Waals surface area (Å²) >= 11 is 0. The van der Waals surface area contributed by atoms with Crippen molar-refractivity contribution >= 4 is 95.5 Å². The number of phenolic OH excluding ortho intramolecular Hbond substituents is 3. The van der Waals surface area contributed by atoms with Gasteiger partial charge in [-0.15, -0.1) is 0 Å². The van der Waals surface area contributed by atoms with Crippen LogP contribution in [0, 0.1) is 11.6 Å². The molecule has 0 bridgehead atoms. The number of amides is 1. The third-order valence-electron chi connectivity index (χ3n) is 19.5. The maximum Gasteiger partial charge on any atom is 0.335 e. The molecule has 0 aliphatic heterocycles. The van der Waals surface area contributed by atoms with Crippen molar-refractivity contribution in [1.29, 1.82) is 0 Å². The third-order valence-corrected chi connectivity index (χ3v) is 19.5. The van der Waals surface area contributed by atoms with Crippen molar-refractivity contribution in [2.45, 2.75) is 52.4 Å². The summed E-state index contributed by atoms with van der Waals surface area (Å²) in [6.07, 6.45) is 1.31. The lowest BCUT2D eigenvalue weighted by Crippen LogP contribution is -2.22. The minimum atomic E-state index is -0.999. The number of methoxy groups -OCH3 is 1. The lowest BCUT2D eigenvalue weighted by atomic mass is 10.0. The average molecular weight is 1670 g/mol. The zero-order chi connectivity index (χ0) is 88.6. The van der Waals surface area contributed by atoms with Crippen LogP contribution in [0.1, 0.15) is 71.6 Å². The Balaban J connectivity index is 0.000000142. The number of aliphatic hydroxyl groups excluding tert-OH is 1. The molecule has 5 aromatic heterocycles. The Morgan fingerprint density at radius 2 is 0.798 bits per heavy atom. The second-order valence-electron chi connectivity index (χ2n) is 30.1. The van der Waals surface area contributed by atoms with Gasteiger partial charge in [-0.2, -0.15) is 0 Å². The Hall–Kier alpha value is -15.1. The number of carboxylic acids is 1. The highest BCUT2D eigenvalue weighted by Crippen LogP contribution is 2.39. The molecule has 0 fully saturated rings. The Bertz CT molecular complexity index is 6520. The first-order valence-corrected chi connectivity index (χ1v) is 39.8. The summed E-state index contributed by atoms with van der Waals surface area (Å²) in [6.45, 7) is 6.51. The van der Waals surface area contributed by atoms with Crippen LogP contribution in [0.15, 0.2) is 243 Å². The van der Waals surface area contributed by atoms with Gasteiger partial charge < -0.3 is 64.8 Å². The van der Waals surface area contributed by atoms with Gasteiger partial charge in [0.25, 0.3) is 5.91 Å². The van der Waals surface area contributed by atoms with Gasteiger partial charge in [0.05, 0.1) is 80.3 Å². The number of anilines is 5. The molecule has 25 nitrogen and oxygen atoms in total. The summed E-state index contributed by atoms with van der Waals surface area (Å²) in [5.41, 5.74) is 8.83. The minimum absolute atomic E-state index is 0.0960. The van der Waals surface area contributed by atoms with E-state index >= 15 is 0 Å². The molecule has 11 aromatic carbocycles. The van der Waals surface area contributed by atoms with E-state index in [-0.39, 0.29) is 46.5 Å². The van der Waals surface area contributed by atoms with E-state index in [1.165, 1.54) is 24.3 Å². The Labute approximate surface area is 716 Å². The number of carboxylic acid groups (broad SMARTS) is 1. The summed E-state index contributed by atoms with van der Waals surface area (Å²) in [7, 11) is 20.5. The molecule has 5 heterocycles. The summed E-state index contributed by atoms with van der Waals surface area (Å²) in [5, 5.41) is 56.8. The largest absolute Gasteiger partial charge is 0.507 e. The highest BCUT2D eigenvalue weighted by molar-refractivity contribution is 6.02. The molecule has 0 saturated heterocycles. The van der Waals surface area contributed by atoms with E-state index in [4.69, 9.17) is 24.5 Å². The van der Waals surface area contributed by atoms with Gasteiger partial charge in [0.2, 0.25) is 0 Å². The normalized spacial score (nSPS) is 11.1. The van der Waals surface area contributed by atoms with E-state index in [0.717, 1.165) is 91.1 Å². The van der Waals surface area contributed by atoms with Crippen molar-refractivity contribution in [2.24, 2.45) is 0 Å². The van der Waals surface area contributed by atoms with Crippen molar-refractivity contribution in [3.63, 3.8) is 0 Å². The molecule has 1 atom stereocenters. The SMILES string of the molecule is CC(C)Oc1ccc2nc(-c3ccccc3O)nc(N(C)C)c2c1.CCCC(O)c1ccc2nc(-c3ccccc3OC)nc(N(C)C)c2c1.CN(C)c1nc(-c2ccccc2F)nc2cc(F)ccc12.CN(C)c1nc(-c2ccccc2O)nc2cc(C(=O)NCc3ccccc3)ccc12.CN(C)c1nc(-c2ccccc2O)nc2ccc(C(=O)O)cc12. The standard InChI is InChI=1S/C24H22N4O2.C21H25N3O2.C19H21N3O2.C17H15N3O3.C16H13F2N3/c1-28(2)23-18-13-12-17(24(30)25-15-16-8-4-3-5-9-16)14-20(18)26-22(27-23)19-10-6-7-11-21(19)29;1-5-8-18(25)14-11-12-17-16(13-14)21(24(2)3)23-20(22-17)15-9-6-7-10-19(15)26-4;1-12(2)24-13-9-10-16-15(11-13)19(22(3)4)21-18(20-16)14-7-5-6-8-17(14)23;1-20(2)16-12-9-10(17(22)23)7-8-13(12)18-15(19-16)11-5-3-4-6-14(11)21;1-21(2)16-12-8-7-10(17)9-14(12)19-15(20-16)11-5-3-4-6-13(11)18/h3-14,29H,15H2,1-2H3,(H,25,30);6-7,9-13,18,25H,5,8H2,1-4H3;5-12,23H,1-4H3;3-9,21H,1-2H3,(H,22,23);3-9H,1-2H3. The lowest BCUT2D eigenvalue weighted by Gasteiger charge is -2.18. The number of aromatic carboxylic acids is 1. The van der Waals surface area contributed by atoms with Crippen LogP contribution in [0.25, 0.3) is 111 Å². The topological polar surface area (TPSA) is 311 Å². The molecule has 1 unspecified atom stereocenters. The Morgan fingerprint density at radius 3 is 1.27 bits per heavy atom. The molecular formula is C97H96F2N16O9. The molecule has 6 N–H and O–H groups in total. The van der Waals surface area contributed by atoms with Gasteiger partial charge in [0.15, 0.2) is 29.1 Å². The summed E-state index contributed by atoms with van der Waals surface area (Å²) < 4.78 is 38.6. The first-order valence-electron chi connectivity index (χ1n) is 39.8. The van der Waals surface area contributed by atoms with Crippen LogP contribution in [-0.4, -0.2) is 171 Å². The molecule has 124 heavy (non-hydrogen) atoms. The van der Waals surface area contributed by atoms with E-state index in [1.54, 1.807) is 120 Å².